The van der Waals surface area contributed by atoms with Crippen molar-refractivity contribution in [1.29, 1.82) is 0 Å². The Morgan fingerprint density at radius 2 is 1.06 bits per heavy atom. The van der Waals surface area contributed by atoms with E-state index in [0.717, 1.165) is 0 Å². The number of rotatable bonds is 6. The first-order chi connectivity index (χ1) is 21.5. The van der Waals surface area contributed by atoms with Crippen molar-refractivity contribution in [3.8, 4) is 22.3 Å². The van der Waals surface area contributed by atoms with Crippen LogP contribution in [-0.4, -0.2) is 5.43 Å². The number of benzene rings is 4. The van der Waals surface area contributed by atoms with Crippen LogP contribution in [0.4, 0.5) is 0 Å². The van der Waals surface area contributed by atoms with Crippen molar-refractivity contribution in [2.75, 3.05) is 0 Å². The topological polar surface area (TPSA) is 0 Å². The van der Waals surface area contributed by atoms with E-state index in [2.05, 4.69) is 171 Å². The van der Waals surface area contributed by atoms with E-state index < -0.39 is 0 Å². The van der Waals surface area contributed by atoms with Gasteiger partial charge in [-0.25, -0.2) is 0 Å². The fraction of sp³-hybridized carbons (Fsp3) is 0.302. The summed E-state index contributed by atoms with van der Waals surface area (Å²) in [4.78, 5) is 0. The van der Waals surface area contributed by atoms with Gasteiger partial charge in [0.25, 0.3) is 0 Å². The third kappa shape index (κ3) is 10.9. The van der Waals surface area contributed by atoms with Gasteiger partial charge in [-0.2, -0.15) is 12.1 Å². The quantitative estimate of drug-likeness (QED) is 0.124. The average molecular weight is 757 g/mol. The Morgan fingerprint density at radius 3 is 1.51 bits per heavy atom. The van der Waals surface area contributed by atoms with Crippen LogP contribution in [0.2, 0.25) is 13.1 Å². The molecule has 0 saturated carbocycles. The molecule has 6 aromatic rings. The first-order valence-corrected chi connectivity index (χ1v) is 22.7. The van der Waals surface area contributed by atoms with E-state index in [1.54, 1.807) is 23.3 Å². The Balaban J connectivity index is 0.000000283. The summed E-state index contributed by atoms with van der Waals surface area (Å²) in [6.07, 6.45) is 1.19. The molecule has 0 heterocycles. The molecule has 0 aliphatic heterocycles. The number of fused-ring (bicyclic) bond motifs is 2. The van der Waals surface area contributed by atoms with Gasteiger partial charge in [-0.15, -0.1) is 69.1 Å². The Hall–Kier alpha value is -2.22. The van der Waals surface area contributed by atoms with E-state index in [0.29, 0.717) is 17.8 Å². The number of halogens is 2. The van der Waals surface area contributed by atoms with Gasteiger partial charge in [-0.3, -0.25) is 0 Å². The Kier molecular flexibility index (Phi) is 16.6. The fourth-order valence-electron chi connectivity index (χ4n) is 5.75. The van der Waals surface area contributed by atoms with Crippen molar-refractivity contribution in [3.63, 3.8) is 0 Å². The number of hydrogen-bond acceptors (Lipinski definition) is 0. The van der Waals surface area contributed by atoms with Gasteiger partial charge in [0.15, 0.2) is 0 Å². The molecule has 47 heavy (non-hydrogen) atoms. The van der Waals surface area contributed by atoms with Crippen LogP contribution >= 0.6 is 0 Å². The van der Waals surface area contributed by atoms with Crippen LogP contribution in [0.3, 0.4) is 0 Å². The summed E-state index contributed by atoms with van der Waals surface area (Å²) < 4.78 is 0. The molecule has 6 aromatic carbocycles. The maximum Gasteiger partial charge on any atom is -1.00 e. The SMILES string of the molecule is CC(C)c1ccc(-c2cccc3[cH-]c(C(C)C)cc23)cc1.CCC(C)c1ccc(-c2cccc3[cH-]c(C)cc23)cc1.C[Si](C)=[Zr+2].[Cl-].[Cl-]. The summed E-state index contributed by atoms with van der Waals surface area (Å²) in [6.45, 7) is 20.3. The molecule has 0 aromatic heterocycles. The molecule has 0 nitrogen and oxygen atoms in total. The second kappa shape index (κ2) is 19.1. The standard InChI is InChI=1S/C21H23.C20H21.C2H6Si.2ClH.Zr/c1-14(2)16-8-10-17(11-9-16)20-7-5-6-18-12-19(15(3)4)13-21(18)20;1-4-15(3)16-8-10-17(11-9-16)19-7-5-6-18-12-14(2)13-20(18)19;1-3-2;;;/h5-15H,1-4H3;5-13,15H,4H2,1-3H3;1-2H3;2*1H;/q2*-1;;;;+2/p-2. The van der Waals surface area contributed by atoms with E-state index in [9.17, 15) is 0 Å². The van der Waals surface area contributed by atoms with Gasteiger partial charge in [0.1, 0.15) is 0 Å². The molecule has 1 unspecified atom stereocenters. The average Bonchev–Trinajstić information content (AvgIpc) is 3.64. The van der Waals surface area contributed by atoms with Gasteiger partial charge >= 0.3 is 41.9 Å². The second-order valence-electron chi connectivity index (χ2n) is 13.3. The van der Waals surface area contributed by atoms with E-state index in [1.165, 1.54) is 72.5 Å². The van der Waals surface area contributed by atoms with Gasteiger partial charge in [0.2, 0.25) is 0 Å². The molecule has 0 aliphatic carbocycles. The van der Waals surface area contributed by atoms with Crippen molar-refractivity contribution in [2.45, 2.75) is 85.7 Å². The fourth-order valence-corrected chi connectivity index (χ4v) is 5.75. The van der Waals surface area contributed by atoms with Crippen LogP contribution in [0.5, 0.6) is 0 Å². The Bertz CT molecular complexity index is 1840. The largest absolute Gasteiger partial charge is 1.00 e. The van der Waals surface area contributed by atoms with Crippen molar-refractivity contribution >= 4 is 27.0 Å². The first-order valence-electron chi connectivity index (χ1n) is 16.6. The minimum absolute atomic E-state index is 0. The van der Waals surface area contributed by atoms with Crippen LogP contribution in [0.25, 0.3) is 43.8 Å². The Labute approximate surface area is 312 Å². The molecule has 0 aliphatic rings. The molecule has 0 bridgehead atoms. The molecule has 0 radical (unpaired) electrons. The van der Waals surface area contributed by atoms with Gasteiger partial charge in [0, 0.05) is 0 Å². The zero-order chi connectivity index (χ0) is 32.7. The summed E-state index contributed by atoms with van der Waals surface area (Å²) in [5.74, 6) is 1.80. The molecule has 0 spiro atoms. The maximum absolute atomic E-state index is 2.35. The predicted octanol–water partition coefficient (Wildman–Crippen LogP) is 7.31. The third-order valence-corrected chi connectivity index (χ3v) is 8.63. The van der Waals surface area contributed by atoms with E-state index >= 15 is 0 Å². The molecular formula is C43H50Cl2SiZr-2. The molecule has 0 amide bonds. The summed E-state index contributed by atoms with van der Waals surface area (Å²) in [6, 6.07) is 40.5. The molecule has 0 N–H and O–H groups in total. The molecule has 4 heteroatoms. The summed E-state index contributed by atoms with van der Waals surface area (Å²) in [5, 5.41) is 5.43. The van der Waals surface area contributed by atoms with Crippen LogP contribution in [0.15, 0.2) is 109 Å². The molecule has 6 rings (SSSR count). The smallest absolute Gasteiger partial charge is 1.00 e. The van der Waals surface area contributed by atoms with Gasteiger partial charge in [-0.05, 0) is 46.4 Å². The van der Waals surface area contributed by atoms with Crippen LogP contribution < -0.4 is 24.8 Å². The van der Waals surface area contributed by atoms with Crippen LogP contribution in [0, 0.1) is 6.92 Å². The maximum atomic E-state index is 2.35. The number of aryl methyl sites for hydroxylation is 1. The summed E-state index contributed by atoms with van der Waals surface area (Å²) in [5.41, 5.74) is 11.1. The van der Waals surface area contributed by atoms with E-state index in [1.807, 2.05) is 0 Å². The normalized spacial score (nSPS) is 11.3. The minimum atomic E-state index is 0. The molecular weight excluding hydrogens is 707 g/mol. The zero-order valence-electron chi connectivity index (χ0n) is 29.6. The zero-order valence-corrected chi connectivity index (χ0v) is 34.6. The van der Waals surface area contributed by atoms with Crippen LogP contribution in [0.1, 0.15) is 88.0 Å². The van der Waals surface area contributed by atoms with E-state index in [4.69, 9.17) is 0 Å². The Morgan fingerprint density at radius 1 is 0.617 bits per heavy atom. The predicted molar refractivity (Wildman–Crippen MR) is 199 cm³/mol. The van der Waals surface area contributed by atoms with Gasteiger partial charge in [-0.1, -0.05) is 120 Å². The van der Waals surface area contributed by atoms with E-state index in [-0.39, 0.29) is 30.2 Å². The van der Waals surface area contributed by atoms with Crippen LogP contribution in [-0.2, 0) is 23.3 Å². The van der Waals surface area contributed by atoms with Crippen molar-refractivity contribution in [3.05, 3.63) is 131 Å². The van der Waals surface area contributed by atoms with Crippen molar-refractivity contribution < 1.29 is 48.1 Å². The molecule has 0 saturated heterocycles. The first kappa shape index (κ1) is 41.0. The van der Waals surface area contributed by atoms with Gasteiger partial charge in [0.05, 0.1) is 0 Å². The molecule has 246 valence electrons. The third-order valence-electron chi connectivity index (χ3n) is 8.63. The molecule has 1 atom stereocenters. The monoisotopic (exact) mass is 754 g/mol. The van der Waals surface area contributed by atoms with Crippen molar-refractivity contribution in [1.82, 2.24) is 0 Å². The summed E-state index contributed by atoms with van der Waals surface area (Å²) >= 11 is 1.74. The molecule has 0 fully saturated rings. The van der Waals surface area contributed by atoms with Gasteiger partial charge < -0.3 is 24.8 Å². The second-order valence-corrected chi connectivity index (χ2v) is 22.7. The number of hydrogen-bond donors (Lipinski definition) is 0. The minimum Gasteiger partial charge on any atom is -1.00 e. The van der Waals surface area contributed by atoms with Crippen molar-refractivity contribution in [2.24, 2.45) is 0 Å². The summed E-state index contributed by atoms with van der Waals surface area (Å²) in [7, 11) is 0.